The zero-order valence-corrected chi connectivity index (χ0v) is 19.7. The van der Waals surface area contributed by atoms with Gasteiger partial charge in [0.1, 0.15) is 6.26 Å². The van der Waals surface area contributed by atoms with Crippen LogP contribution < -0.4 is 0 Å². The number of amides is 1. The van der Waals surface area contributed by atoms with Gasteiger partial charge in [-0.1, -0.05) is 25.1 Å². The lowest BCUT2D eigenvalue weighted by Crippen LogP contribution is -2.38. The average Bonchev–Trinajstić information content (AvgIpc) is 3.46. The third-order valence-corrected chi connectivity index (χ3v) is 6.72. The second-order valence-corrected chi connectivity index (χ2v) is 9.46. The fourth-order valence-electron chi connectivity index (χ4n) is 5.19. The maximum atomic E-state index is 12.6. The smallest absolute Gasteiger partial charge is 0.276 e. The number of pyridine rings is 1. The molecule has 170 valence electrons. The van der Waals surface area contributed by atoms with Crippen LogP contribution in [0.5, 0.6) is 0 Å². The molecule has 0 bridgehead atoms. The number of piperidine rings is 1. The molecule has 6 nitrogen and oxygen atoms in total. The highest BCUT2D eigenvalue weighted by molar-refractivity contribution is 5.93. The Morgan fingerprint density at radius 2 is 1.82 bits per heavy atom. The molecule has 0 aliphatic carbocycles. The van der Waals surface area contributed by atoms with Gasteiger partial charge < -0.3 is 14.4 Å². The first-order valence-corrected chi connectivity index (χ1v) is 11.7. The van der Waals surface area contributed by atoms with E-state index in [9.17, 15) is 4.79 Å². The van der Waals surface area contributed by atoms with Crippen LogP contribution in [0.25, 0.3) is 22.2 Å². The summed E-state index contributed by atoms with van der Waals surface area (Å²) >= 11 is 0. The highest BCUT2D eigenvalue weighted by atomic mass is 16.5. The number of carbonyl (C=O) groups excluding carboxylic acids is 1. The summed E-state index contributed by atoms with van der Waals surface area (Å²) in [5, 5.41) is 5.09. The fraction of sp³-hybridized carbons (Fsp3) is 0.370. The standard InChI is InChI=1S/C27H30N4O2/c1-16(2)25-22-15-20(19-7-10-31(11-8-19)27(32)24-9-12-33-30-24)5-6-23(22)29-26(25)21-13-17(3)28-18(4)14-21/h5-6,9,12-16,19,29H,7-8,10-11H2,1-4H3. The summed E-state index contributed by atoms with van der Waals surface area (Å²) in [6.07, 6.45) is 3.35. The molecule has 0 saturated carbocycles. The number of hydrogen-bond acceptors (Lipinski definition) is 4. The van der Waals surface area contributed by atoms with Crippen molar-refractivity contribution in [1.29, 1.82) is 0 Å². The number of rotatable bonds is 4. The van der Waals surface area contributed by atoms with Gasteiger partial charge >= 0.3 is 0 Å². The Morgan fingerprint density at radius 3 is 2.45 bits per heavy atom. The fourth-order valence-corrected chi connectivity index (χ4v) is 5.19. The van der Waals surface area contributed by atoms with Gasteiger partial charge in [-0.2, -0.15) is 0 Å². The number of benzene rings is 1. The second kappa shape index (κ2) is 8.50. The van der Waals surface area contributed by atoms with Crippen molar-refractivity contribution in [3.05, 3.63) is 70.9 Å². The monoisotopic (exact) mass is 442 g/mol. The molecule has 0 unspecified atom stereocenters. The van der Waals surface area contributed by atoms with Crippen LogP contribution in [0, 0.1) is 13.8 Å². The molecule has 33 heavy (non-hydrogen) atoms. The average molecular weight is 443 g/mol. The first-order chi connectivity index (χ1) is 15.9. The number of fused-ring (bicyclic) bond motifs is 1. The van der Waals surface area contributed by atoms with Crippen LogP contribution in [0.4, 0.5) is 0 Å². The Labute approximate surface area is 194 Å². The van der Waals surface area contributed by atoms with Gasteiger partial charge in [0, 0.05) is 47.0 Å². The molecule has 0 atom stereocenters. The predicted octanol–water partition coefficient (Wildman–Crippen LogP) is 5.98. The zero-order chi connectivity index (χ0) is 23.1. The van der Waals surface area contributed by atoms with Crippen molar-refractivity contribution in [2.75, 3.05) is 13.1 Å². The number of nitrogens with one attached hydrogen (secondary N) is 1. The van der Waals surface area contributed by atoms with Gasteiger partial charge in [0.2, 0.25) is 0 Å². The SMILES string of the molecule is Cc1cc(-c2[nH]c3ccc(C4CCN(C(=O)c5ccon5)CC4)cc3c2C(C)C)cc(C)n1. The van der Waals surface area contributed by atoms with Crippen LogP contribution in [0.2, 0.25) is 0 Å². The molecule has 0 spiro atoms. The number of carbonyl (C=O) groups is 1. The maximum Gasteiger partial charge on any atom is 0.276 e. The number of aromatic amines is 1. The van der Waals surface area contributed by atoms with Gasteiger partial charge in [0.25, 0.3) is 5.91 Å². The molecule has 1 fully saturated rings. The van der Waals surface area contributed by atoms with Crippen LogP contribution >= 0.6 is 0 Å². The summed E-state index contributed by atoms with van der Waals surface area (Å²) in [5.74, 6) is 0.789. The Hall–Kier alpha value is -3.41. The van der Waals surface area contributed by atoms with Crippen LogP contribution in [-0.2, 0) is 0 Å². The lowest BCUT2D eigenvalue weighted by Gasteiger charge is -2.31. The summed E-state index contributed by atoms with van der Waals surface area (Å²) in [6.45, 7) is 10.1. The minimum atomic E-state index is -0.0436. The summed E-state index contributed by atoms with van der Waals surface area (Å²) in [6, 6.07) is 12.8. The number of aryl methyl sites for hydroxylation is 2. The van der Waals surface area contributed by atoms with Crippen LogP contribution in [0.1, 0.15) is 71.5 Å². The van der Waals surface area contributed by atoms with E-state index in [0.29, 0.717) is 17.5 Å². The molecule has 6 heteroatoms. The van der Waals surface area contributed by atoms with Gasteiger partial charge in [0.05, 0.1) is 5.69 Å². The van der Waals surface area contributed by atoms with Crippen LogP contribution in [-0.4, -0.2) is 39.0 Å². The zero-order valence-electron chi connectivity index (χ0n) is 19.7. The minimum absolute atomic E-state index is 0.0436. The quantitative estimate of drug-likeness (QED) is 0.422. The molecule has 3 aromatic heterocycles. The van der Waals surface area contributed by atoms with Crippen molar-refractivity contribution in [3.8, 4) is 11.3 Å². The first kappa shape index (κ1) is 21.4. The lowest BCUT2D eigenvalue weighted by atomic mass is 9.87. The number of hydrogen-bond donors (Lipinski definition) is 1. The van der Waals surface area contributed by atoms with Crippen LogP contribution in [0.15, 0.2) is 47.2 Å². The number of likely N-dealkylation sites (tertiary alicyclic amines) is 1. The van der Waals surface area contributed by atoms with E-state index in [1.165, 1.54) is 39.6 Å². The van der Waals surface area contributed by atoms with Crippen molar-refractivity contribution in [3.63, 3.8) is 0 Å². The molecule has 1 aliphatic rings. The third-order valence-electron chi connectivity index (χ3n) is 6.72. The molecule has 0 radical (unpaired) electrons. The highest BCUT2D eigenvalue weighted by Gasteiger charge is 2.26. The van der Waals surface area contributed by atoms with Crippen molar-refractivity contribution in [2.24, 2.45) is 0 Å². The van der Waals surface area contributed by atoms with Crippen molar-refractivity contribution in [2.45, 2.75) is 52.4 Å². The molecular formula is C27H30N4O2. The van der Waals surface area contributed by atoms with Crippen molar-refractivity contribution < 1.29 is 9.32 Å². The maximum absolute atomic E-state index is 12.6. The highest BCUT2D eigenvalue weighted by Crippen LogP contribution is 2.38. The minimum Gasteiger partial charge on any atom is -0.364 e. The Bertz CT molecular complexity index is 1280. The third kappa shape index (κ3) is 4.06. The Balaban J connectivity index is 1.44. The summed E-state index contributed by atoms with van der Waals surface area (Å²) in [7, 11) is 0. The first-order valence-electron chi connectivity index (χ1n) is 11.7. The molecule has 1 saturated heterocycles. The Kier molecular flexibility index (Phi) is 5.52. The second-order valence-electron chi connectivity index (χ2n) is 9.46. The van der Waals surface area contributed by atoms with Gasteiger partial charge in [0.15, 0.2) is 5.69 Å². The summed E-state index contributed by atoms with van der Waals surface area (Å²) in [4.78, 5) is 22.7. The lowest BCUT2D eigenvalue weighted by molar-refractivity contribution is 0.0702. The van der Waals surface area contributed by atoms with Gasteiger partial charge in [-0.3, -0.25) is 9.78 Å². The number of nitrogens with zero attached hydrogens (tertiary/aromatic N) is 3. The topological polar surface area (TPSA) is 75.0 Å². The molecule has 4 aromatic rings. The van der Waals surface area contributed by atoms with E-state index < -0.39 is 0 Å². The largest absolute Gasteiger partial charge is 0.364 e. The molecule has 1 aliphatic heterocycles. The molecular weight excluding hydrogens is 412 g/mol. The molecule has 1 aromatic carbocycles. The normalized spacial score (nSPS) is 15.0. The number of H-pyrrole nitrogens is 1. The van der Waals surface area contributed by atoms with E-state index in [-0.39, 0.29) is 5.91 Å². The van der Waals surface area contributed by atoms with E-state index >= 15 is 0 Å². The number of aromatic nitrogens is 3. The van der Waals surface area contributed by atoms with E-state index in [1.54, 1.807) is 6.07 Å². The molecule has 4 heterocycles. The van der Waals surface area contributed by atoms with Crippen molar-refractivity contribution >= 4 is 16.8 Å². The van der Waals surface area contributed by atoms with Gasteiger partial charge in [-0.05, 0) is 73.9 Å². The molecule has 1 amide bonds. The summed E-state index contributed by atoms with van der Waals surface area (Å²) < 4.78 is 4.83. The van der Waals surface area contributed by atoms with E-state index in [2.05, 4.69) is 59.3 Å². The van der Waals surface area contributed by atoms with Crippen molar-refractivity contribution in [1.82, 2.24) is 20.0 Å². The van der Waals surface area contributed by atoms with E-state index in [4.69, 9.17) is 4.52 Å². The Morgan fingerprint density at radius 1 is 1.09 bits per heavy atom. The van der Waals surface area contributed by atoms with E-state index in [1.807, 2.05) is 18.7 Å². The summed E-state index contributed by atoms with van der Waals surface area (Å²) in [5.41, 5.74) is 8.72. The van der Waals surface area contributed by atoms with E-state index in [0.717, 1.165) is 37.3 Å². The van der Waals surface area contributed by atoms with Gasteiger partial charge in [-0.25, -0.2) is 0 Å². The predicted molar refractivity (Wildman–Crippen MR) is 129 cm³/mol. The van der Waals surface area contributed by atoms with Crippen LogP contribution in [0.3, 0.4) is 0 Å². The molecule has 5 rings (SSSR count). The van der Waals surface area contributed by atoms with Gasteiger partial charge in [-0.15, -0.1) is 0 Å². The molecule has 1 N–H and O–H groups in total.